The number of anilines is 1. The maximum absolute atomic E-state index is 12.1. The van der Waals surface area contributed by atoms with Crippen molar-refractivity contribution in [2.24, 2.45) is 0 Å². The van der Waals surface area contributed by atoms with Crippen LogP contribution < -0.4 is 20.9 Å². The summed E-state index contributed by atoms with van der Waals surface area (Å²) in [6, 6.07) is 5.76. The van der Waals surface area contributed by atoms with E-state index in [1.807, 2.05) is 5.32 Å². The smallest absolute Gasteiger partial charge is 0.325 e. The van der Waals surface area contributed by atoms with Gasteiger partial charge in [-0.15, -0.1) is 0 Å². The van der Waals surface area contributed by atoms with E-state index in [1.54, 1.807) is 49.9 Å². The Labute approximate surface area is 174 Å². The Balaban J connectivity index is 1.72. The summed E-state index contributed by atoms with van der Waals surface area (Å²) in [6.45, 7) is 4.82. The van der Waals surface area contributed by atoms with Crippen molar-refractivity contribution in [2.75, 3.05) is 24.6 Å². The van der Waals surface area contributed by atoms with Gasteiger partial charge in [-0.05, 0) is 51.5 Å². The van der Waals surface area contributed by atoms with E-state index in [1.165, 1.54) is 0 Å². The first-order chi connectivity index (χ1) is 14.0. The molecule has 2 rings (SSSR count). The van der Waals surface area contributed by atoms with Crippen molar-refractivity contribution < 1.29 is 28.7 Å². The third-order valence-corrected chi connectivity index (χ3v) is 4.01. The van der Waals surface area contributed by atoms with Crippen molar-refractivity contribution in [3.05, 3.63) is 29.8 Å². The summed E-state index contributed by atoms with van der Waals surface area (Å²) in [5, 5.41) is 6.95. The van der Waals surface area contributed by atoms with Crippen molar-refractivity contribution in [1.82, 2.24) is 16.0 Å². The number of hydrogen-bond donors (Lipinski definition) is 3. The molecule has 1 aliphatic rings. The number of nitrogens with one attached hydrogen (secondary N) is 3. The van der Waals surface area contributed by atoms with Crippen LogP contribution in [0.25, 0.3) is 0 Å². The van der Waals surface area contributed by atoms with E-state index in [2.05, 4.69) is 10.6 Å². The first-order valence-corrected chi connectivity index (χ1v) is 9.51. The first-order valence-electron chi connectivity index (χ1n) is 9.51. The Morgan fingerprint density at radius 2 is 1.77 bits per heavy atom. The number of esters is 1. The molecular formula is C20H26N4O6. The number of carbonyl (C=O) groups is 5. The van der Waals surface area contributed by atoms with Crippen LogP contribution in [0.3, 0.4) is 0 Å². The van der Waals surface area contributed by atoms with Gasteiger partial charge in [0, 0.05) is 29.8 Å². The van der Waals surface area contributed by atoms with E-state index in [0.717, 1.165) is 12.1 Å². The van der Waals surface area contributed by atoms with Gasteiger partial charge in [-0.1, -0.05) is 0 Å². The number of imide groups is 1. The van der Waals surface area contributed by atoms with Crippen LogP contribution in [0.5, 0.6) is 0 Å². The molecule has 0 saturated carbocycles. The fourth-order valence-corrected chi connectivity index (χ4v) is 2.70. The SMILES string of the molecule is CC(C)(C)NC(=O)NC(=O)COC(=O)CNC(=O)c1ccc(N2CCCC2=O)cc1. The van der Waals surface area contributed by atoms with Crippen LogP contribution in [0.4, 0.5) is 10.5 Å². The maximum atomic E-state index is 12.1. The number of urea groups is 1. The Bertz CT molecular complexity index is 829. The van der Waals surface area contributed by atoms with E-state index in [4.69, 9.17) is 4.74 Å². The molecule has 0 spiro atoms. The largest absolute Gasteiger partial charge is 0.454 e. The summed E-state index contributed by atoms with van der Waals surface area (Å²) in [7, 11) is 0. The summed E-state index contributed by atoms with van der Waals surface area (Å²) >= 11 is 0. The molecule has 0 aromatic heterocycles. The van der Waals surface area contributed by atoms with E-state index in [-0.39, 0.29) is 5.91 Å². The quantitative estimate of drug-likeness (QED) is 0.583. The molecule has 1 aromatic rings. The number of rotatable bonds is 6. The Kier molecular flexibility index (Phi) is 7.51. The summed E-state index contributed by atoms with van der Waals surface area (Å²) in [4.78, 5) is 60.4. The molecular weight excluding hydrogens is 392 g/mol. The van der Waals surface area contributed by atoms with Crippen molar-refractivity contribution >= 4 is 35.4 Å². The predicted octanol–water partition coefficient (Wildman–Crippen LogP) is 0.711. The van der Waals surface area contributed by atoms with Gasteiger partial charge >= 0.3 is 12.0 Å². The lowest BCUT2D eigenvalue weighted by atomic mass is 10.1. The molecule has 30 heavy (non-hydrogen) atoms. The molecule has 0 bridgehead atoms. The molecule has 1 heterocycles. The highest BCUT2D eigenvalue weighted by atomic mass is 16.5. The average Bonchev–Trinajstić information content (AvgIpc) is 3.09. The Morgan fingerprint density at radius 3 is 2.33 bits per heavy atom. The van der Waals surface area contributed by atoms with Crippen molar-refractivity contribution in [1.29, 1.82) is 0 Å². The third kappa shape index (κ3) is 7.19. The van der Waals surface area contributed by atoms with Crippen LogP contribution in [0.15, 0.2) is 24.3 Å². The molecule has 3 N–H and O–H groups in total. The fourth-order valence-electron chi connectivity index (χ4n) is 2.70. The average molecular weight is 418 g/mol. The second-order valence-corrected chi connectivity index (χ2v) is 7.79. The normalized spacial score (nSPS) is 13.6. The van der Waals surface area contributed by atoms with E-state index >= 15 is 0 Å². The number of hydrogen-bond acceptors (Lipinski definition) is 6. The molecule has 0 aliphatic carbocycles. The molecule has 0 radical (unpaired) electrons. The van der Waals surface area contributed by atoms with E-state index < -0.39 is 42.5 Å². The maximum Gasteiger partial charge on any atom is 0.325 e. The zero-order valence-electron chi connectivity index (χ0n) is 17.2. The lowest BCUT2D eigenvalue weighted by Gasteiger charge is -2.20. The van der Waals surface area contributed by atoms with E-state index in [0.29, 0.717) is 18.5 Å². The molecule has 162 valence electrons. The van der Waals surface area contributed by atoms with Gasteiger partial charge < -0.3 is 20.3 Å². The topological polar surface area (TPSA) is 134 Å². The van der Waals surface area contributed by atoms with Crippen molar-refractivity contribution in [3.63, 3.8) is 0 Å². The lowest BCUT2D eigenvalue weighted by molar-refractivity contribution is -0.147. The summed E-state index contributed by atoms with van der Waals surface area (Å²) < 4.78 is 4.73. The highest BCUT2D eigenvalue weighted by molar-refractivity contribution is 5.99. The number of nitrogens with zero attached hydrogens (tertiary/aromatic N) is 1. The molecule has 0 atom stereocenters. The van der Waals surface area contributed by atoms with Crippen molar-refractivity contribution in [3.8, 4) is 0 Å². The molecule has 1 aromatic carbocycles. The minimum Gasteiger partial charge on any atom is -0.454 e. The van der Waals surface area contributed by atoms with Gasteiger partial charge in [0.1, 0.15) is 6.54 Å². The minimum absolute atomic E-state index is 0.0508. The molecule has 1 fully saturated rings. The van der Waals surface area contributed by atoms with Gasteiger partial charge in [0.05, 0.1) is 0 Å². The van der Waals surface area contributed by atoms with Crippen LogP contribution in [0.2, 0.25) is 0 Å². The van der Waals surface area contributed by atoms with Crippen molar-refractivity contribution in [2.45, 2.75) is 39.2 Å². The van der Waals surface area contributed by atoms with Gasteiger partial charge in [0.15, 0.2) is 6.61 Å². The number of benzene rings is 1. The number of carbonyl (C=O) groups excluding carboxylic acids is 5. The van der Waals surface area contributed by atoms with Gasteiger partial charge in [0.2, 0.25) is 5.91 Å². The highest BCUT2D eigenvalue weighted by Gasteiger charge is 2.22. The monoisotopic (exact) mass is 418 g/mol. The standard InChI is InChI=1S/C20H26N4O6/c1-20(2,3)23-19(29)22-15(25)12-30-17(27)11-21-18(28)13-6-8-14(9-7-13)24-10-4-5-16(24)26/h6-9H,4-5,10-12H2,1-3H3,(H,21,28)(H2,22,23,25,29). The second-order valence-electron chi connectivity index (χ2n) is 7.79. The van der Waals surface area contributed by atoms with Crippen LogP contribution in [0, 0.1) is 0 Å². The highest BCUT2D eigenvalue weighted by Crippen LogP contribution is 2.21. The minimum atomic E-state index is -0.825. The van der Waals surface area contributed by atoms with Gasteiger partial charge in [0.25, 0.3) is 11.8 Å². The number of ether oxygens (including phenoxy) is 1. The summed E-state index contributed by atoms with van der Waals surface area (Å²) in [5.41, 5.74) is 0.512. The summed E-state index contributed by atoms with van der Waals surface area (Å²) in [5.74, 6) is -2.06. The third-order valence-electron chi connectivity index (χ3n) is 4.01. The predicted molar refractivity (Wildman–Crippen MR) is 108 cm³/mol. The van der Waals surface area contributed by atoms with Crippen LogP contribution in [-0.4, -0.2) is 55.0 Å². The van der Waals surface area contributed by atoms with Gasteiger partial charge in [-0.25, -0.2) is 4.79 Å². The van der Waals surface area contributed by atoms with Gasteiger partial charge in [-0.3, -0.25) is 24.5 Å². The molecule has 0 unspecified atom stereocenters. The molecule has 1 saturated heterocycles. The molecule has 5 amide bonds. The Hall–Kier alpha value is -3.43. The van der Waals surface area contributed by atoms with Crippen LogP contribution in [0.1, 0.15) is 44.0 Å². The molecule has 1 aliphatic heterocycles. The second kappa shape index (κ2) is 9.86. The van der Waals surface area contributed by atoms with Crippen LogP contribution >= 0.6 is 0 Å². The molecule has 10 nitrogen and oxygen atoms in total. The van der Waals surface area contributed by atoms with Crippen LogP contribution in [-0.2, 0) is 19.1 Å². The Morgan fingerprint density at radius 1 is 1.10 bits per heavy atom. The zero-order valence-corrected chi connectivity index (χ0v) is 17.2. The zero-order chi connectivity index (χ0) is 22.3. The molecule has 10 heteroatoms. The first kappa shape index (κ1) is 22.9. The van der Waals surface area contributed by atoms with E-state index in [9.17, 15) is 24.0 Å². The fraction of sp³-hybridized carbons (Fsp3) is 0.450. The lowest BCUT2D eigenvalue weighted by Crippen LogP contribution is -2.49. The van der Waals surface area contributed by atoms with Gasteiger partial charge in [-0.2, -0.15) is 0 Å². The summed E-state index contributed by atoms with van der Waals surface area (Å²) in [6.07, 6.45) is 1.33. The number of amides is 5.